The van der Waals surface area contributed by atoms with Gasteiger partial charge in [-0.2, -0.15) is 5.10 Å². The Balaban J connectivity index is 1.60. The largest absolute Gasteiger partial charge is 0.333 e. The van der Waals surface area contributed by atoms with Crippen molar-refractivity contribution in [2.24, 2.45) is 0 Å². The molecule has 2 aromatic rings. The van der Waals surface area contributed by atoms with Gasteiger partial charge in [0.1, 0.15) is 0 Å². The molecule has 2 unspecified atom stereocenters. The number of hydrogen-bond donors (Lipinski definition) is 1. The number of nitrogens with zero attached hydrogens (tertiary/aromatic N) is 3. The molecule has 5 nitrogen and oxygen atoms in total. The van der Waals surface area contributed by atoms with E-state index in [2.05, 4.69) is 22.0 Å². The zero-order chi connectivity index (χ0) is 14.4. The molecule has 2 atom stereocenters. The van der Waals surface area contributed by atoms with Crippen LogP contribution < -0.4 is 0 Å². The molecule has 2 aliphatic heterocycles. The van der Waals surface area contributed by atoms with E-state index in [4.69, 9.17) is 0 Å². The summed E-state index contributed by atoms with van der Waals surface area (Å²) in [5.74, 6) is 0.144. The predicted molar refractivity (Wildman–Crippen MR) is 81.2 cm³/mol. The fourth-order valence-corrected chi connectivity index (χ4v) is 3.71. The minimum Gasteiger partial charge on any atom is -0.333 e. The molecule has 110 valence electrons. The number of piperazine rings is 1. The smallest absolute Gasteiger partial charge is 0.254 e. The van der Waals surface area contributed by atoms with Crippen molar-refractivity contribution >= 4 is 16.8 Å². The van der Waals surface area contributed by atoms with Gasteiger partial charge in [0.15, 0.2) is 0 Å². The third-order valence-corrected chi connectivity index (χ3v) is 4.89. The Morgan fingerprint density at radius 3 is 3.19 bits per heavy atom. The Labute approximate surface area is 123 Å². The summed E-state index contributed by atoms with van der Waals surface area (Å²) in [6.07, 6.45) is 4.26. The predicted octanol–water partition coefficient (Wildman–Crippen LogP) is 1.87. The maximum absolute atomic E-state index is 12.8. The number of H-pyrrole nitrogens is 1. The first-order valence-electron chi connectivity index (χ1n) is 7.70. The van der Waals surface area contributed by atoms with Crippen molar-refractivity contribution in [3.63, 3.8) is 0 Å². The Morgan fingerprint density at radius 2 is 2.29 bits per heavy atom. The molecular weight excluding hydrogens is 264 g/mol. The Bertz CT molecular complexity index is 680. The van der Waals surface area contributed by atoms with Crippen molar-refractivity contribution in [1.82, 2.24) is 20.0 Å². The molecule has 0 aliphatic carbocycles. The lowest BCUT2D eigenvalue weighted by Crippen LogP contribution is -2.56. The van der Waals surface area contributed by atoms with Gasteiger partial charge in [0.2, 0.25) is 0 Å². The number of carbonyl (C=O) groups is 1. The fraction of sp³-hybridized carbons (Fsp3) is 0.500. The van der Waals surface area contributed by atoms with Crippen LogP contribution in [0.5, 0.6) is 0 Å². The highest BCUT2D eigenvalue weighted by Crippen LogP contribution is 2.26. The molecule has 1 N–H and O–H groups in total. The third kappa shape index (κ3) is 2.12. The molecule has 1 amide bonds. The van der Waals surface area contributed by atoms with Crippen LogP contribution in [0.4, 0.5) is 0 Å². The van der Waals surface area contributed by atoms with Gasteiger partial charge in [0.05, 0.1) is 11.7 Å². The van der Waals surface area contributed by atoms with Crippen LogP contribution in [0.25, 0.3) is 10.9 Å². The standard InChI is InChI=1S/C16H20N4O/c1-11-9-19-6-2-3-14(19)10-20(11)16(21)12-4-5-13-8-17-18-15(13)7-12/h4-5,7-8,11,14H,2-3,6,9-10H2,1H3,(H,17,18). The molecule has 1 aromatic heterocycles. The van der Waals surface area contributed by atoms with Crippen LogP contribution in [0.2, 0.25) is 0 Å². The second-order valence-corrected chi connectivity index (χ2v) is 6.27. The number of aromatic amines is 1. The zero-order valence-electron chi connectivity index (χ0n) is 12.2. The monoisotopic (exact) mass is 284 g/mol. The topological polar surface area (TPSA) is 52.2 Å². The van der Waals surface area contributed by atoms with Crippen LogP contribution in [0, 0.1) is 0 Å². The summed E-state index contributed by atoms with van der Waals surface area (Å²) in [4.78, 5) is 17.4. The lowest BCUT2D eigenvalue weighted by atomic mass is 10.1. The average Bonchev–Trinajstić information content (AvgIpc) is 3.12. The van der Waals surface area contributed by atoms with Crippen molar-refractivity contribution in [2.75, 3.05) is 19.6 Å². The molecule has 2 aliphatic rings. The van der Waals surface area contributed by atoms with Crippen LogP contribution in [-0.4, -0.2) is 57.6 Å². The first kappa shape index (κ1) is 12.8. The summed E-state index contributed by atoms with van der Waals surface area (Å²) >= 11 is 0. The average molecular weight is 284 g/mol. The number of aromatic nitrogens is 2. The fourth-order valence-electron chi connectivity index (χ4n) is 3.71. The Kier molecular flexibility index (Phi) is 2.96. The van der Waals surface area contributed by atoms with Crippen LogP contribution >= 0.6 is 0 Å². The number of amides is 1. The highest BCUT2D eigenvalue weighted by Gasteiger charge is 2.36. The van der Waals surface area contributed by atoms with Crippen molar-refractivity contribution in [3.8, 4) is 0 Å². The lowest BCUT2D eigenvalue weighted by molar-refractivity contribution is 0.0395. The number of nitrogens with one attached hydrogen (secondary N) is 1. The van der Waals surface area contributed by atoms with E-state index in [1.165, 1.54) is 19.4 Å². The molecule has 2 saturated heterocycles. The van der Waals surface area contributed by atoms with E-state index in [0.29, 0.717) is 6.04 Å². The highest BCUT2D eigenvalue weighted by molar-refractivity contribution is 5.98. The van der Waals surface area contributed by atoms with Gasteiger partial charge >= 0.3 is 0 Å². The first-order chi connectivity index (χ1) is 10.2. The molecule has 0 saturated carbocycles. The minimum atomic E-state index is 0.144. The Hall–Kier alpha value is -1.88. The van der Waals surface area contributed by atoms with E-state index < -0.39 is 0 Å². The SMILES string of the molecule is CC1CN2CCCC2CN1C(=O)c1ccc2cn[nH]c2c1. The molecule has 1 aromatic carbocycles. The number of fused-ring (bicyclic) bond motifs is 2. The van der Waals surface area contributed by atoms with E-state index in [0.717, 1.165) is 29.6 Å². The summed E-state index contributed by atoms with van der Waals surface area (Å²) in [6, 6.07) is 6.62. The van der Waals surface area contributed by atoms with Gasteiger partial charge in [0, 0.05) is 36.1 Å². The van der Waals surface area contributed by atoms with Crippen molar-refractivity contribution in [3.05, 3.63) is 30.0 Å². The summed E-state index contributed by atoms with van der Waals surface area (Å²) in [6.45, 7) is 5.21. The van der Waals surface area contributed by atoms with E-state index in [1.54, 1.807) is 6.20 Å². The van der Waals surface area contributed by atoms with Crippen LogP contribution in [0.15, 0.2) is 24.4 Å². The molecule has 0 radical (unpaired) electrons. The minimum absolute atomic E-state index is 0.144. The van der Waals surface area contributed by atoms with Gasteiger partial charge in [-0.1, -0.05) is 6.07 Å². The van der Waals surface area contributed by atoms with Gasteiger partial charge in [-0.15, -0.1) is 0 Å². The van der Waals surface area contributed by atoms with Crippen LogP contribution in [0.1, 0.15) is 30.1 Å². The first-order valence-corrected chi connectivity index (χ1v) is 7.70. The summed E-state index contributed by atoms with van der Waals surface area (Å²) in [5.41, 5.74) is 1.68. The molecular formula is C16H20N4O. The van der Waals surface area contributed by atoms with Gasteiger partial charge in [-0.05, 0) is 38.4 Å². The highest BCUT2D eigenvalue weighted by atomic mass is 16.2. The normalized spacial score (nSPS) is 26.2. The third-order valence-electron chi connectivity index (χ3n) is 4.89. The molecule has 3 heterocycles. The molecule has 0 spiro atoms. The maximum Gasteiger partial charge on any atom is 0.254 e. The van der Waals surface area contributed by atoms with E-state index in [1.807, 2.05) is 23.1 Å². The Morgan fingerprint density at radius 1 is 1.38 bits per heavy atom. The summed E-state index contributed by atoms with van der Waals surface area (Å²) in [7, 11) is 0. The maximum atomic E-state index is 12.8. The molecule has 21 heavy (non-hydrogen) atoms. The second-order valence-electron chi connectivity index (χ2n) is 6.27. The van der Waals surface area contributed by atoms with Crippen LogP contribution in [0.3, 0.4) is 0 Å². The van der Waals surface area contributed by atoms with Crippen molar-refractivity contribution in [2.45, 2.75) is 31.8 Å². The summed E-state index contributed by atoms with van der Waals surface area (Å²) in [5, 5.41) is 8.00. The van der Waals surface area contributed by atoms with Gasteiger partial charge < -0.3 is 4.90 Å². The van der Waals surface area contributed by atoms with Gasteiger partial charge in [0.25, 0.3) is 5.91 Å². The lowest BCUT2D eigenvalue weighted by Gasteiger charge is -2.42. The van der Waals surface area contributed by atoms with Crippen LogP contribution in [-0.2, 0) is 0 Å². The van der Waals surface area contributed by atoms with E-state index in [9.17, 15) is 4.79 Å². The molecule has 0 bridgehead atoms. The zero-order valence-corrected chi connectivity index (χ0v) is 12.2. The summed E-state index contributed by atoms with van der Waals surface area (Å²) < 4.78 is 0. The van der Waals surface area contributed by atoms with Crippen molar-refractivity contribution < 1.29 is 4.79 Å². The molecule has 5 heteroatoms. The van der Waals surface area contributed by atoms with Gasteiger partial charge in [-0.3, -0.25) is 14.8 Å². The quantitative estimate of drug-likeness (QED) is 0.870. The molecule has 4 rings (SSSR count). The second kappa shape index (κ2) is 4.84. The van der Waals surface area contributed by atoms with E-state index in [-0.39, 0.29) is 11.9 Å². The van der Waals surface area contributed by atoms with Gasteiger partial charge in [-0.25, -0.2) is 0 Å². The number of rotatable bonds is 1. The molecule has 2 fully saturated rings. The number of carbonyl (C=O) groups excluding carboxylic acids is 1. The number of hydrogen-bond acceptors (Lipinski definition) is 3. The van der Waals surface area contributed by atoms with E-state index >= 15 is 0 Å². The van der Waals surface area contributed by atoms with Crippen molar-refractivity contribution in [1.29, 1.82) is 0 Å². The number of benzene rings is 1.